The highest BCUT2D eigenvalue weighted by atomic mass is 15.1. The zero-order valence-electron chi connectivity index (χ0n) is 11.1. The van der Waals surface area contributed by atoms with Gasteiger partial charge in [0.15, 0.2) is 0 Å². The number of rotatable bonds is 3. The summed E-state index contributed by atoms with van der Waals surface area (Å²) < 4.78 is 0. The van der Waals surface area contributed by atoms with Crippen LogP contribution in [0.3, 0.4) is 0 Å². The summed E-state index contributed by atoms with van der Waals surface area (Å²) in [4.78, 5) is 6.64. The quantitative estimate of drug-likeness (QED) is 0.840. The van der Waals surface area contributed by atoms with Crippen molar-refractivity contribution >= 4 is 11.4 Å². The number of anilines is 2. The number of pyridine rings is 1. The molecule has 0 saturated heterocycles. The molecule has 1 heterocycles. The Bertz CT molecular complexity index is 549. The third kappa shape index (κ3) is 2.80. The first kappa shape index (κ1) is 12.4. The largest absolute Gasteiger partial charge is 0.397 e. The van der Waals surface area contributed by atoms with E-state index in [4.69, 9.17) is 5.73 Å². The Labute approximate surface area is 108 Å². The van der Waals surface area contributed by atoms with E-state index >= 15 is 0 Å². The molecule has 3 heteroatoms. The van der Waals surface area contributed by atoms with Crippen molar-refractivity contribution in [3.8, 4) is 0 Å². The molecule has 2 aromatic rings. The van der Waals surface area contributed by atoms with E-state index < -0.39 is 0 Å². The van der Waals surface area contributed by atoms with Crippen molar-refractivity contribution in [3.05, 3.63) is 53.3 Å². The van der Waals surface area contributed by atoms with Crippen LogP contribution in [0.2, 0.25) is 0 Å². The molecule has 0 saturated carbocycles. The molecule has 18 heavy (non-hydrogen) atoms. The van der Waals surface area contributed by atoms with Gasteiger partial charge in [-0.15, -0.1) is 0 Å². The minimum atomic E-state index is 0.759. The van der Waals surface area contributed by atoms with Crippen LogP contribution in [-0.2, 0) is 6.54 Å². The summed E-state index contributed by atoms with van der Waals surface area (Å²) in [5.41, 5.74) is 11.2. The number of nitrogen functional groups attached to an aromatic ring is 1. The lowest BCUT2D eigenvalue weighted by molar-refractivity contribution is 0.877. The number of nitrogens with zero attached hydrogens (tertiary/aromatic N) is 2. The van der Waals surface area contributed by atoms with Gasteiger partial charge in [-0.3, -0.25) is 4.98 Å². The van der Waals surface area contributed by atoms with E-state index in [9.17, 15) is 0 Å². The van der Waals surface area contributed by atoms with Crippen LogP contribution in [0.5, 0.6) is 0 Å². The maximum atomic E-state index is 6.01. The van der Waals surface area contributed by atoms with E-state index in [-0.39, 0.29) is 0 Å². The van der Waals surface area contributed by atoms with Gasteiger partial charge in [-0.2, -0.15) is 0 Å². The second-order valence-corrected chi connectivity index (χ2v) is 4.69. The Kier molecular flexibility index (Phi) is 3.51. The second kappa shape index (κ2) is 5.08. The molecule has 0 radical (unpaired) electrons. The normalized spacial score (nSPS) is 10.4. The topological polar surface area (TPSA) is 42.1 Å². The van der Waals surface area contributed by atoms with Gasteiger partial charge in [-0.1, -0.05) is 12.1 Å². The van der Waals surface area contributed by atoms with E-state index in [0.29, 0.717) is 0 Å². The molecule has 0 aliphatic heterocycles. The van der Waals surface area contributed by atoms with Gasteiger partial charge in [0, 0.05) is 12.7 Å². The lowest BCUT2D eigenvalue weighted by Crippen LogP contribution is -2.18. The molecule has 2 N–H and O–H groups in total. The Hall–Kier alpha value is -2.03. The number of nitrogens with two attached hydrogens (primary N) is 1. The van der Waals surface area contributed by atoms with Gasteiger partial charge >= 0.3 is 0 Å². The molecule has 3 nitrogen and oxygen atoms in total. The second-order valence-electron chi connectivity index (χ2n) is 4.69. The Morgan fingerprint density at radius 2 is 1.94 bits per heavy atom. The van der Waals surface area contributed by atoms with Crippen LogP contribution in [0.1, 0.15) is 17.0 Å². The Morgan fingerprint density at radius 3 is 2.67 bits per heavy atom. The molecule has 0 aliphatic rings. The van der Waals surface area contributed by atoms with Crippen molar-refractivity contribution < 1.29 is 0 Å². The lowest BCUT2D eigenvalue weighted by Gasteiger charge is -2.21. The lowest BCUT2D eigenvalue weighted by atomic mass is 10.1. The summed E-state index contributed by atoms with van der Waals surface area (Å²) in [5, 5.41) is 0. The zero-order chi connectivity index (χ0) is 13.1. The molecule has 2 rings (SSSR count). The van der Waals surface area contributed by atoms with Crippen LogP contribution in [0.15, 0.2) is 36.4 Å². The molecule has 1 aromatic carbocycles. The molecule has 0 atom stereocenters. The Balaban J connectivity index is 2.21. The molecule has 0 spiro atoms. The molecule has 0 bridgehead atoms. The molecule has 0 unspecified atom stereocenters. The SMILES string of the molecule is Cc1ccc(N)c(N(C)Cc2cccc(C)n2)c1. The van der Waals surface area contributed by atoms with Crippen LogP contribution >= 0.6 is 0 Å². The molecule has 1 aromatic heterocycles. The average Bonchev–Trinajstić information content (AvgIpc) is 2.32. The van der Waals surface area contributed by atoms with Crippen molar-refractivity contribution in [2.75, 3.05) is 17.7 Å². The highest BCUT2D eigenvalue weighted by molar-refractivity contribution is 5.68. The molecular weight excluding hydrogens is 222 g/mol. The van der Waals surface area contributed by atoms with Gasteiger partial charge in [0.1, 0.15) is 0 Å². The maximum absolute atomic E-state index is 6.01. The van der Waals surface area contributed by atoms with Gasteiger partial charge in [0.05, 0.1) is 23.6 Å². The fourth-order valence-corrected chi connectivity index (χ4v) is 2.00. The van der Waals surface area contributed by atoms with Gasteiger partial charge in [-0.25, -0.2) is 0 Å². The zero-order valence-corrected chi connectivity index (χ0v) is 11.1. The van der Waals surface area contributed by atoms with Crippen molar-refractivity contribution in [1.29, 1.82) is 0 Å². The summed E-state index contributed by atoms with van der Waals surface area (Å²) in [6.07, 6.45) is 0. The first-order valence-corrected chi connectivity index (χ1v) is 6.06. The van der Waals surface area contributed by atoms with Crippen LogP contribution in [0.4, 0.5) is 11.4 Å². The van der Waals surface area contributed by atoms with E-state index in [0.717, 1.165) is 29.3 Å². The van der Waals surface area contributed by atoms with Crippen molar-refractivity contribution in [2.45, 2.75) is 20.4 Å². The number of aromatic nitrogens is 1. The standard InChI is InChI=1S/C15H19N3/c1-11-7-8-14(16)15(9-11)18(3)10-13-6-4-5-12(2)17-13/h4-9H,10,16H2,1-3H3. The van der Waals surface area contributed by atoms with Gasteiger partial charge < -0.3 is 10.6 Å². The predicted octanol–water partition coefficient (Wildman–Crippen LogP) is 2.92. The first-order chi connectivity index (χ1) is 8.56. The maximum Gasteiger partial charge on any atom is 0.0603 e. The van der Waals surface area contributed by atoms with Crippen LogP contribution in [0.25, 0.3) is 0 Å². The minimum Gasteiger partial charge on any atom is -0.397 e. The fourth-order valence-electron chi connectivity index (χ4n) is 2.00. The van der Waals surface area contributed by atoms with Gasteiger partial charge in [-0.05, 0) is 43.7 Å². The van der Waals surface area contributed by atoms with E-state index in [1.165, 1.54) is 5.56 Å². The number of aryl methyl sites for hydroxylation is 2. The monoisotopic (exact) mass is 241 g/mol. The summed E-state index contributed by atoms with van der Waals surface area (Å²) in [6, 6.07) is 12.2. The van der Waals surface area contributed by atoms with E-state index in [2.05, 4.69) is 22.9 Å². The third-order valence-corrected chi connectivity index (χ3v) is 2.94. The summed E-state index contributed by atoms with van der Waals surface area (Å²) >= 11 is 0. The van der Waals surface area contributed by atoms with Crippen molar-refractivity contribution in [1.82, 2.24) is 4.98 Å². The molecule has 0 fully saturated rings. The average molecular weight is 241 g/mol. The number of hydrogen-bond donors (Lipinski definition) is 1. The van der Waals surface area contributed by atoms with Crippen molar-refractivity contribution in [3.63, 3.8) is 0 Å². The number of hydrogen-bond acceptors (Lipinski definition) is 3. The predicted molar refractivity (Wildman–Crippen MR) is 76.7 cm³/mol. The van der Waals surface area contributed by atoms with Crippen LogP contribution in [0, 0.1) is 13.8 Å². The van der Waals surface area contributed by atoms with Crippen LogP contribution < -0.4 is 10.6 Å². The van der Waals surface area contributed by atoms with Gasteiger partial charge in [0.2, 0.25) is 0 Å². The minimum absolute atomic E-state index is 0.759. The van der Waals surface area contributed by atoms with E-state index in [1.807, 2.05) is 44.3 Å². The van der Waals surface area contributed by atoms with E-state index in [1.54, 1.807) is 0 Å². The van der Waals surface area contributed by atoms with Gasteiger partial charge in [0.25, 0.3) is 0 Å². The Morgan fingerprint density at radius 1 is 1.17 bits per heavy atom. The highest BCUT2D eigenvalue weighted by Crippen LogP contribution is 2.24. The smallest absolute Gasteiger partial charge is 0.0603 e. The molecular formula is C15H19N3. The molecule has 0 aliphatic carbocycles. The van der Waals surface area contributed by atoms with Crippen LogP contribution in [-0.4, -0.2) is 12.0 Å². The molecule has 94 valence electrons. The fraction of sp³-hybridized carbons (Fsp3) is 0.267. The van der Waals surface area contributed by atoms with Crippen molar-refractivity contribution in [2.24, 2.45) is 0 Å². The first-order valence-electron chi connectivity index (χ1n) is 6.06. The number of benzene rings is 1. The highest BCUT2D eigenvalue weighted by Gasteiger charge is 2.07. The summed E-state index contributed by atoms with van der Waals surface area (Å²) in [7, 11) is 2.04. The summed E-state index contributed by atoms with van der Waals surface area (Å²) in [5.74, 6) is 0. The molecule has 0 amide bonds. The third-order valence-electron chi connectivity index (χ3n) is 2.94. The summed E-state index contributed by atoms with van der Waals surface area (Å²) in [6.45, 7) is 4.83.